The molecule has 12 nitrogen and oxygen atoms in total. The van der Waals surface area contributed by atoms with Gasteiger partial charge in [0, 0.05) is 53.3 Å². The van der Waals surface area contributed by atoms with E-state index in [1.54, 1.807) is 18.5 Å². The minimum absolute atomic E-state index is 0.0139. The van der Waals surface area contributed by atoms with Crippen LogP contribution in [-0.4, -0.2) is 67.1 Å². The molecule has 5 aromatic rings. The highest BCUT2D eigenvalue weighted by molar-refractivity contribution is 7.91. The molecular formula is C30H29N9O3S. The molecule has 4 aromatic heterocycles. The van der Waals surface area contributed by atoms with Gasteiger partial charge in [0.05, 0.1) is 17.6 Å². The normalized spacial score (nSPS) is 20.0. The Kier molecular flexibility index (Phi) is 6.34. The summed E-state index contributed by atoms with van der Waals surface area (Å²) < 4.78 is 27.6. The van der Waals surface area contributed by atoms with Gasteiger partial charge in [-0.05, 0) is 37.8 Å². The van der Waals surface area contributed by atoms with E-state index in [1.807, 2.05) is 47.4 Å². The van der Waals surface area contributed by atoms with Crippen molar-refractivity contribution in [3.63, 3.8) is 0 Å². The summed E-state index contributed by atoms with van der Waals surface area (Å²) >= 11 is 0. The number of fused-ring (bicyclic) bond motifs is 3. The molecule has 2 fully saturated rings. The standard InChI is InChI=1S/C30H29N9O3S/c1-43(41,42)26-25(19-13-20-8-9-21(14-19)38(20)29(40)24-11-12-33-30(32)36-24)37-28-22(16-35-39(28)27(26)31)18-7-10-23(34-15-18)17-5-3-2-4-6-17/h2-7,10-12,15-16,19-21H,8-9,13-14,31H2,1H3,(H2,32,33,36)/t19-,20-,21+. The van der Waals surface area contributed by atoms with Crippen molar-refractivity contribution in [3.8, 4) is 22.4 Å². The number of nitrogens with zero attached hydrogens (tertiary/aromatic N) is 7. The second-order valence-corrected chi connectivity index (χ2v) is 13.1. The summed E-state index contributed by atoms with van der Waals surface area (Å²) in [5.74, 6) is -0.364. The molecular weight excluding hydrogens is 566 g/mol. The molecule has 1 amide bonds. The molecule has 2 saturated heterocycles. The average Bonchev–Trinajstić information content (AvgIpc) is 3.54. The second kappa shape index (κ2) is 10.1. The van der Waals surface area contributed by atoms with Crippen LogP contribution in [0, 0.1) is 0 Å². The molecule has 0 unspecified atom stereocenters. The lowest BCUT2D eigenvalue weighted by atomic mass is 9.87. The molecule has 2 bridgehead atoms. The van der Waals surface area contributed by atoms with E-state index in [-0.39, 0.29) is 46.3 Å². The van der Waals surface area contributed by atoms with Crippen LogP contribution < -0.4 is 11.5 Å². The van der Waals surface area contributed by atoms with Crippen molar-refractivity contribution in [2.45, 2.75) is 48.6 Å². The van der Waals surface area contributed by atoms with Crippen LogP contribution in [0.3, 0.4) is 0 Å². The molecule has 13 heteroatoms. The third-order valence-corrected chi connectivity index (χ3v) is 9.59. The first-order valence-corrected chi connectivity index (χ1v) is 15.9. The van der Waals surface area contributed by atoms with Crippen molar-refractivity contribution in [2.24, 2.45) is 0 Å². The Balaban J connectivity index is 1.27. The number of hydrogen-bond acceptors (Lipinski definition) is 10. The van der Waals surface area contributed by atoms with Crippen LogP contribution >= 0.6 is 0 Å². The Bertz CT molecular complexity index is 1960. The Morgan fingerprint density at radius 2 is 1.65 bits per heavy atom. The van der Waals surface area contributed by atoms with Crippen LogP contribution in [0.15, 0.2) is 72.0 Å². The van der Waals surface area contributed by atoms with Crippen LogP contribution in [0.2, 0.25) is 0 Å². The smallest absolute Gasteiger partial charge is 0.273 e. The number of nitrogens with two attached hydrogens (primary N) is 2. The minimum Gasteiger partial charge on any atom is -0.382 e. The van der Waals surface area contributed by atoms with E-state index >= 15 is 0 Å². The van der Waals surface area contributed by atoms with E-state index < -0.39 is 9.84 Å². The maximum atomic E-state index is 13.4. The number of pyridine rings is 1. The average molecular weight is 596 g/mol. The molecule has 0 saturated carbocycles. The number of amides is 1. The van der Waals surface area contributed by atoms with Crippen molar-refractivity contribution in [2.75, 3.05) is 17.7 Å². The maximum absolute atomic E-state index is 13.4. The van der Waals surface area contributed by atoms with E-state index in [2.05, 4.69) is 20.1 Å². The SMILES string of the molecule is CS(=O)(=O)c1c([C@@H]2C[C@H]3CC[C@@H](C2)N3C(=O)c2ccnc(N)n2)nc2c(-c3ccc(-c4ccccc4)nc3)cnn2c1N. The quantitative estimate of drug-likeness (QED) is 0.306. The topological polar surface area (TPSA) is 175 Å². The van der Waals surface area contributed by atoms with Crippen LogP contribution in [0.25, 0.3) is 28.0 Å². The van der Waals surface area contributed by atoms with Crippen LogP contribution in [0.1, 0.15) is 47.8 Å². The Hall–Kier alpha value is -4.91. The molecule has 4 N–H and O–H groups in total. The molecule has 7 rings (SSSR count). The lowest BCUT2D eigenvalue weighted by Gasteiger charge is -2.39. The number of carbonyl (C=O) groups is 1. The highest BCUT2D eigenvalue weighted by Crippen LogP contribution is 2.45. The summed E-state index contributed by atoms with van der Waals surface area (Å²) in [7, 11) is -3.76. The Morgan fingerprint density at radius 1 is 0.907 bits per heavy atom. The number of sulfone groups is 1. The number of piperidine rings is 1. The van der Waals surface area contributed by atoms with Gasteiger partial charge in [-0.2, -0.15) is 9.61 Å². The molecule has 2 aliphatic heterocycles. The number of rotatable bonds is 5. The number of nitrogen functional groups attached to an aromatic ring is 2. The molecule has 3 atom stereocenters. The third kappa shape index (κ3) is 4.65. The predicted octanol–water partition coefficient (Wildman–Crippen LogP) is 3.37. The van der Waals surface area contributed by atoms with Gasteiger partial charge in [0.1, 0.15) is 16.4 Å². The van der Waals surface area contributed by atoms with Crippen molar-refractivity contribution in [1.82, 2.24) is 34.4 Å². The van der Waals surface area contributed by atoms with Gasteiger partial charge in [0.15, 0.2) is 15.5 Å². The highest BCUT2D eigenvalue weighted by atomic mass is 32.2. The van der Waals surface area contributed by atoms with Gasteiger partial charge < -0.3 is 16.4 Å². The molecule has 218 valence electrons. The lowest BCUT2D eigenvalue weighted by molar-refractivity contribution is 0.0562. The van der Waals surface area contributed by atoms with Gasteiger partial charge in [-0.3, -0.25) is 9.78 Å². The predicted molar refractivity (Wildman–Crippen MR) is 161 cm³/mol. The monoisotopic (exact) mass is 595 g/mol. The molecule has 0 spiro atoms. The van der Waals surface area contributed by atoms with Crippen molar-refractivity contribution in [1.29, 1.82) is 0 Å². The highest BCUT2D eigenvalue weighted by Gasteiger charge is 2.46. The minimum atomic E-state index is -3.76. The van der Waals surface area contributed by atoms with Gasteiger partial charge in [-0.1, -0.05) is 36.4 Å². The van der Waals surface area contributed by atoms with E-state index in [9.17, 15) is 13.2 Å². The van der Waals surface area contributed by atoms with E-state index in [0.717, 1.165) is 35.9 Å². The molecule has 0 radical (unpaired) electrons. The zero-order chi connectivity index (χ0) is 29.9. The van der Waals surface area contributed by atoms with Crippen molar-refractivity contribution < 1.29 is 13.2 Å². The largest absolute Gasteiger partial charge is 0.382 e. The van der Waals surface area contributed by atoms with E-state index in [0.29, 0.717) is 29.7 Å². The van der Waals surface area contributed by atoms with Gasteiger partial charge in [-0.15, -0.1) is 0 Å². The summed E-state index contributed by atoms with van der Waals surface area (Å²) in [6, 6.07) is 15.1. The summed E-state index contributed by atoms with van der Waals surface area (Å²) in [6.45, 7) is 0. The van der Waals surface area contributed by atoms with Crippen LogP contribution in [0.5, 0.6) is 0 Å². The van der Waals surface area contributed by atoms with Gasteiger partial charge in [-0.25, -0.2) is 23.4 Å². The molecule has 0 aliphatic carbocycles. The Labute approximate surface area is 247 Å². The fourth-order valence-corrected chi connectivity index (χ4v) is 7.63. The number of anilines is 2. The first-order valence-electron chi connectivity index (χ1n) is 14.0. The molecule has 43 heavy (non-hydrogen) atoms. The van der Waals surface area contributed by atoms with Crippen LogP contribution in [0.4, 0.5) is 11.8 Å². The van der Waals surface area contributed by atoms with Gasteiger partial charge in [0.2, 0.25) is 5.95 Å². The number of aromatic nitrogens is 6. The van der Waals surface area contributed by atoms with E-state index in [1.165, 1.54) is 10.7 Å². The summed E-state index contributed by atoms with van der Waals surface area (Å²) in [4.78, 5) is 32.9. The summed E-state index contributed by atoms with van der Waals surface area (Å²) in [5, 5.41) is 4.42. The van der Waals surface area contributed by atoms with E-state index in [4.69, 9.17) is 16.5 Å². The number of hydrogen-bond donors (Lipinski definition) is 2. The fourth-order valence-electron chi connectivity index (χ4n) is 6.57. The number of carbonyl (C=O) groups excluding carboxylic acids is 1. The zero-order valence-electron chi connectivity index (χ0n) is 23.3. The second-order valence-electron chi connectivity index (χ2n) is 11.1. The number of benzene rings is 1. The third-order valence-electron chi connectivity index (χ3n) is 8.43. The molecule has 1 aromatic carbocycles. The van der Waals surface area contributed by atoms with Crippen LogP contribution in [-0.2, 0) is 9.84 Å². The van der Waals surface area contributed by atoms with Gasteiger partial charge >= 0.3 is 0 Å². The summed E-state index contributed by atoms with van der Waals surface area (Å²) in [5.41, 5.74) is 16.7. The fraction of sp³-hybridized carbons (Fsp3) is 0.267. The summed E-state index contributed by atoms with van der Waals surface area (Å²) in [6.07, 6.45) is 8.69. The lowest BCUT2D eigenvalue weighted by Crippen LogP contribution is -2.46. The molecule has 6 heterocycles. The molecule has 2 aliphatic rings. The van der Waals surface area contributed by atoms with Gasteiger partial charge in [0.25, 0.3) is 5.91 Å². The van der Waals surface area contributed by atoms with Crippen molar-refractivity contribution >= 4 is 33.2 Å². The maximum Gasteiger partial charge on any atom is 0.273 e. The van der Waals surface area contributed by atoms with Crippen molar-refractivity contribution in [3.05, 3.63) is 78.5 Å². The Morgan fingerprint density at radius 3 is 2.30 bits per heavy atom. The first kappa shape index (κ1) is 27.0. The first-order chi connectivity index (χ1) is 20.7. The zero-order valence-corrected chi connectivity index (χ0v) is 24.1.